The highest BCUT2D eigenvalue weighted by molar-refractivity contribution is 7.21. The molecule has 0 fully saturated rings. The van der Waals surface area contributed by atoms with Crippen molar-refractivity contribution in [3.05, 3.63) is 52.1 Å². The molecule has 1 amide bonds. The maximum absolute atomic E-state index is 12.0. The van der Waals surface area contributed by atoms with Gasteiger partial charge in [-0.2, -0.15) is 0 Å². The van der Waals surface area contributed by atoms with E-state index in [1.54, 1.807) is 37.3 Å². The molecular weight excluding hydrogens is 376 g/mol. The number of esters is 1. The summed E-state index contributed by atoms with van der Waals surface area (Å²) >= 11 is 7.53. The molecule has 0 saturated heterocycles. The van der Waals surface area contributed by atoms with Crippen LogP contribution < -0.4 is 10.1 Å². The number of hydrogen-bond acceptors (Lipinski definition) is 6. The Bertz CT molecular complexity index is 986. The van der Waals surface area contributed by atoms with Crippen molar-refractivity contribution < 1.29 is 19.1 Å². The number of benzene rings is 1. The van der Waals surface area contributed by atoms with Gasteiger partial charge in [0.1, 0.15) is 22.1 Å². The lowest BCUT2D eigenvalue weighted by Gasteiger charge is -2.07. The second-order valence-electron chi connectivity index (χ2n) is 5.18. The zero-order valence-corrected chi connectivity index (χ0v) is 15.6. The molecule has 0 unspecified atom stereocenters. The Labute approximate surface area is 158 Å². The van der Waals surface area contributed by atoms with Gasteiger partial charge in [-0.3, -0.25) is 9.78 Å². The summed E-state index contributed by atoms with van der Waals surface area (Å²) in [5.41, 5.74) is 0.259. The lowest BCUT2D eigenvalue weighted by molar-refractivity contribution is 0.0532. The van der Waals surface area contributed by atoms with Gasteiger partial charge in [0.15, 0.2) is 0 Å². The van der Waals surface area contributed by atoms with Crippen LogP contribution in [0.2, 0.25) is 5.02 Å². The van der Waals surface area contributed by atoms with Crippen LogP contribution in [0.1, 0.15) is 27.1 Å². The van der Waals surface area contributed by atoms with E-state index in [0.29, 0.717) is 21.4 Å². The molecule has 2 heterocycles. The molecule has 8 heteroatoms. The first-order valence-electron chi connectivity index (χ1n) is 7.78. The third-order valence-electron chi connectivity index (χ3n) is 3.49. The fourth-order valence-electron chi connectivity index (χ4n) is 2.30. The molecule has 0 bridgehead atoms. The monoisotopic (exact) mass is 390 g/mol. The molecule has 0 spiro atoms. The molecule has 1 aromatic carbocycles. The van der Waals surface area contributed by atoms with Crippen LogP contribution in [-0.2, 0) is 4.74 Å². The van der Waals surface area contributed by atoms with Gasteiger partial charge in [-0.05, 0) is 31.2 Å². The normalized spacial score (nSPS) is 10.6. The van der Waals surface area contributed by atoms with E-state index >= 15 is 0 Å². The Morgan fingerprint density at radius 3 is 2.73 bits per heavy atom. The van der Waals surface area contributed by atoms with Crippen molar-refractivity contribution in [1.29, 1.82) is 0 Å². The van der Waals surface area contributed by atoms with Crippen molar-refractivity contribution in [3.63, 3.8) is 0 Å². The number of thiophene rings is 1. The molecular formula is C18H15ClN2O4S. The first-order chi connectivity index (χ1) is 12.5. The minimum atomic E-state index is -0.439. The Kier molecular flexibility index (Phi) is 5.39. The van der Waals surface area contributed by atoms with Gasteiger partial charge in [0.2, 0.25) is 0 Å². The van der Waals surface area contributed by atoms with Crippen LogP contribution in [0, 0.1) is 0 Å². The van der Waals surface area contributed by atoms with Crippen LogP contribution in [0.15, 0.2) is 36.5 Å². The van der Waals surface area contributed by atoms with E-state index in [9.17, 15) is 9.59 Å². The summed E-state index contributed by atoms with van der Waals surface area (Å²) in [6.45, 7) is 2.03. The van der Waals surface area contributed by atoms with E-state index in [1.807, 2.05) is 0 Å². The highest BCUT2D eigenvalue weighted by Crippen LogP contribution is 2.38. The molecule has 0 saturated carbocycles. The van der Waals surface area contributed by atoms with E-state index in [1.165, 1.54) is 24.6 Å². The third kappa shape index (κ3) is 3.63. The number of ether oxygens (including phenoxy) is 2. The van der Waals surface area contributed by atoms with Gasteiger partial charge in [0.05, 0.1) is 11.6 Å². The zero-order valence-electron chi connectivity index (χ0n) is 14.0. The van der Waals surface area contributed by atoms with E-state index in [2.05, 4.69) is 10.3 Å². The quantitative estimate of drug-likeness (QED) is 0.658. The van der Waals surface area contributed by atoms with Crippen molar-refractivity contribution in [2.24, 2.45) is 0 Å². The molecule has 0 aliphatic carbocycles. The summed E-state index contributed by atoms with van der Waals surface area (Å²) < 4.78 is 11.6. The van der Waals surface area contributed by atoms with Crippen molar-refractivity contribution in [3.8, 4) is 11.5 Å². The number of carbonyl (C=O) groups excluding carboxylic acids is 2. The van der Waals surface area contributed by atoms with Gasteiger partial charge in [-0.25, -0.2) is 4.79 Å². The lowest BCUT2D eigenvalue weighted by atomic mass is 10.2. The Balaban J connectivity index is 1.90. The van der Waals surface area contributed by atoms with E-state index in [4.69, 9.17) is 21.1 Å². The highest BCUT2D eigenvalue weighted by atomic mass is 35.5. The number of halogens is 1. The number of amides is 1. The summed E-state index contributed by atoms with van der Waals surface area (Å²) in [6.07, 6.45) is 1.50. The molecule has 1 N–H and O–H groups in total. The van der Waals surface area contributed by atoms with Gasteiger partial charge >= 0.3 is 5.97 Å². The topological polar surface area (TPSA) is 77.5 Å². The minimum absolute atomic E-state index is 0.259. The number of rotatable bonds is 5. The summed E-state index contributed by atoms with van der Waals surface area (Å²) in [5.74, 6) is 0.298. The number of fused-ring (bicyclic) bond motifs is 1. The van der Waals surface area contributed by atoms with E-state index in [-0.39, 0.29) is 18.2 Å². The second kappa shape index (κ2) is 7.72. The van der Waals surface area contributed by atoms with Crippen LogP contribution in [0.4, 0.5) is 0 Å². The minimum Gasteiger partial charge on any atom is -0.462 e. The molecule has 0 radical (unpaired) electrons. The van der Waals surface area contributed by atoms with Crippen molar-refractivity contribution in [1.82, 2.24) is 10.3 Å². The lowest BCUT2D eigenvalue weighted by Crippen LogP contribution is -2.18. The van der Waals surface area contributed by atoms with Gasteiger partial charge in [0.25, 0.3) is 5.91 Å². The Morgan fingerprint density at radius 1 is 1.23 bits per heavy atom. The standard InChI is InChI=1S/C18H15ClN2O4S/c1-3-24-18(23)16-15(19)12-5-4-10(9-14(12)26-16)25-11-6-7-21-13(8-11)17(22)20-2/h4-9H,3H2,1-2H3,(H,20,22). The maximum atomic E-state index is 12.0. The van der Waals surface area contributed by atoms with Crippen LogP contribution in [0.25, 0.3) is 10.1 Å². The summed E-state index contributed by atoms with van der Waals surface area (Å²) in [7, 11) is 1.53. The third-order valence-corrected chi connectivity index (χ3v) is 5.13. The van der Waals surface area contributed by atoms with Gasteiger partial charge in [0, 0.05) is 29.4 Å². The first-order valence-corrected chi connectivity index (χ1v) is 8.98. The number of hydrogen-bond donors (Lipinski definition) is 1. The molecule has 134 valence electrons. The Morgan fingerprint density at radius 2 is 2.00 bits per heavy atom. The number of pyridine rings is 1. The summed E-state index contributed by atoms with van der Waals surface area (Å²) in [6, 6.07) is 8.52. The predicted octanol–water partition coefficient (Wildman–Crippen LogP) is 4.28. The van der Waals surface area contributed by atoms with Crippen LogP contribution in [-0.4, -0.2) is 30.5 Å². The van der Waals surface area contributed by atoms with E-state index in [0.717, 1.165) is 10.1 Å². The van der Waals surface area contributed by atoms with Crippen LogP contribution in [0.3, 0.4) is 0 Å². The first kappa shape index (κ1) is 18.2. The number of nitrogens with one attached hydrogen (secondary N) is 1. The van der Waals surface area contributed by atoms with Crippen molar-refractivity contribution in [2.75, 3.05) is 13.7 Å². The molecule has 26 heavy (non-hydrogen) atoms. The SMILES string of the molecule is CCOC(=O)c1sc2cc(Oc3ccnc(C(=O)NC)c3)ccc2c1Cl. The Hall–Kier alpha value is -2.64. The maximum Gasteiger partial charge on any atom is 0.349 e. The highest BCUT2D eigenvalue weighted by Gasteiger charge is 2.18. The zero-order chi connectivity index (χ0) is 18.7. The van der Waals surface area contributed by atoms with Gasteiger partial charge in [-0.1, -0.05) is 11.6 Å². The molecule has 3 aromatic rings. The predicted molar refractivity (Wildman–Crippen MR) is 100 cm³/mol. The van der Waals surface area contributed by atoms with Crippen LogP contribution >= 0.6 is 22.9 Å². The van der Waals surface area contributed by atoms with Gasteiger partial charge in [-0.15, -0.1) is 11.3 Å². The summed E-state index contributed by atoms with van der Waals surface area (Å²) in [4.78, 5) is 28.0. The smallest absolute Gasteiger partial charge is 0.349 e. The number of nitrogens with zero attached hydrogens (tertiary/aromatic N) is 1. The number of carbonyl (C=O) groups is 2. The van der Waals surface area contributed by atoms with Crippen LogP contribution in [0.5, 0.6) is 11.5 Å². The average Bonchev–Trinajstić information content (AvgIpc) is 2.97. The second-order valence-corrected chi connectivity index (χ2v) is 6.61. The molecule has 2 aromatic heterocycles. The largest absolute Gasteiger partial charge is 0.462 e. The van der Waals surface area contributed by atoms with Gasteiger partial charge < -0.3 is 14.8 Å². The van der Waals surface area contributed by atoms with Crippen molar-refractivity contribution in [2.45, 2.75) is 6.92 Å². The summed E-state index contributed by atoms with van der Waals surface area (Å²) in [5, 5.41) is 3.65. The molecule has 6 nitrogen and oxygen atoms in total. The van der Waals surface area contributed by atoms with Crippen molar-refractivity contribution >= 4 is 44.9 Å². The molecule has 3 rings (SSSR count). The fourth-order valence-corrected chi connectivity index (χ4v) is 3.73. The fraction of sp³-hybridized carbons (Fsp3) is 0.167. The molecule has 0 aliphatic rings. The average molecular weight is 391 g/mol. The number of aromatic nitrogens is 1. The molecule has 0 aliphatic heterocycles. The van der Waals surface area contributed by atoms with E-state index < -0.39 is 5.97 Å². The molecule has 0 atom stereocenters.